The Balaban J connectivity index is 1.72. The van der Waals surface area contributed by atoms with Gasteiger partial charge < -0.3 is 23.8 Å². The number of nitrogens with zero attached hydrogens (tertiary/aromatic N) is 1. The maximum absolute atomic E-state index is 12.8. The number of methoxy groups -OCH3 is 1. The zero-order valence-electron chi connectivity index (χ0n) is 17.1. The highest BCUT2D eigenvalue weighted by molar-refractivity contribution is 5.91. The fraction of sp³-hybridized carbons (Fsp3) is 0.348. The lowest BCUT2D eigenvalue weighted by Gasteiger charge is -2.24. The maximum Gasteiger partial charge on any atom is 0.246 e. The molecule has 0 bridgehead atoms. The van der Waals surface area contributed by atoms with E-state index >= 15 is 0 Å². The average molecular weight is 397 g/mol. The molecule has 2 aromatic rings. The molecule has 2 aromatic carbocycles. The summed E-state index contributed by atoms with van der Waals surface area (Å²) in [6, 6.07) is 11.4. The van der Waals surface area contributed by atoms with E-state index in [1.165, 1.54) is 0 Å². The molecule has 0 atom stereocenters. The Labute approximate surface area is 171 Å². The van der Waals surface area contributed by atoms with Crippen LogP contribution in [0.1, 0.15) is 25.0 Å². The molecular weight excluding hydrogens is 370 g/mol. The van der Waals surface area contributed by atoms with Gasteiger partial charge in [-0.25, -0.2) is 0 Å². The Morgan fingerprint density at radius 2 is 1.97 bits per heavy atom. The molecule has 6 heteroatoms. The molecule has 0 aliphatic carbocycles. The summed E-state index contributed by atoms with van der Waals surface area (Å²) in [5.41, 5.74) is 1.80. The highest BCUT2D eigenvalue weighted by atomic mass is 16.6. The van der Waals surface area contributed by atoms with Crippen LogP contribution in [0.2, 0.25) is 0 Å². The molecule has 6 nitrogen and oxygen atoms in total. The largest absolute Gasteiger partial charge is 0.493 e. The molecule has 0 spiro atoms. The van der Waals surface area contributed by atoms with Gasteiger partial charge in [0.15, 0.2) is 23.0 Å². The van der Waals surface area contributed by atoms with Crippen molar-refractivity contribution >= 4 is 12.0 Å². The normalized spacial score (nSPS) is 12.7. The van der Waals surface area contributed by atoms with Crippen molar-refractivity contribution in [3.05, 3.63) is 53.6 Å². The Kier molecular flexibility index (Phi) is 7.00. The standard InChI is InChI=1S/C23H27NO5/c1-4-24(16-18-7-6-8-20-23(18)29-14-13-28-20)22(25)12-10-17-9-11-19(27-5-2)21(15-17)26-3/h6-12,15H,4-5,13-14,16H2,1-3H3/b12-10+. The molecule has 0 saturated carbocycles. The van der Waals surface area contributed by atoms with Crippen molar-refractivity contribution < 1.29 is 23.7 Å². The van der Waals surface area contributed by atoms with Crippen molar-refractivity contribution in [2.75, 3.05) is 33.5 Å². The molecule has 1 aliphatic heterocycles. The molecule has 1 heterocycles. The Hall–Kier alpha value is -3.15. The van der Waals surface area contributed by atoms with E-state index in [1.807, 2.05) is 50.2 Å². The van der Waals surface area contributed by atoms with Gasteiger partial charge in [-0.2, -0.15) is 0 Å². The smallest absolute Gasteiger partial charge is 0.246 e. The highest BCUT2D eigenvalue weighted by Crippen LogP contribution is 2.34. The van der Waals surface area contributed by atoms with E-state index in [9.17, 15) is 4.79 Å². The molecule has 0 N–H and O–H groups in total. The minimum Gasteiger partial charge on any atom is -0.493 e. The number of ether oxygens (including phenoxy) is 4. The van der Waals surface area contributed by atoms with Gasteiger partial charge in [0.25, 0.3) is 0 Å². The van der Waals surface area contributed by atoms with Gasteiger partial charge in [0.05, 0.1) is 13.7 Å². The second kappa shape index (κ2) is 9.87. The lowest BCUT2D eigenvalue weighted by atomic mass is 10.1. The summed E-state index contributed by atoms with van der Waals surface area (Å²) in [6.45, 7) is 6.54. The molecular formula is C23H27NO5. The zero-order valence-corrected chi connectivity index (χ0v) is 17.1. The molecule has 154 valence electrons. The number of amides is 1. The van der Waals surface area contributed by atoms with Gasteiger partial charge in [-0.3, -0.25) is 4.79 Å². The second-order valence-corrected chi connectivity index (χ2v) is 6.47. The first-order valence-corrected chi connectivity index (χ1v) is 9.81. The van der Waals surface area contributed by atoms with Crippen LogP contribution in [0.15, 0.2) is 42.5 Å². The molecule has 0 radical (unpaired) electrons. The Morgan fingerprint density at radius 3 is 2.72 bits per heavy atom. The van der Waals surface area contributed by atoms with Crippen LogP contribution in [0.4, 0.5) is 0 Å². The van der Waals surface area contributed by atoms with E-state index in [0.29, 0.717) is 44.4 Å². The molecule has 0 saturated heterocycles. The van der Waals surface area contributed by atoms with E-state index in [4.69, 9.17) is 18.9 Å². The molecule has 0 fully saturated rings. The summed E-state index contributed by atoms with van der Waals surface area (Å²) < 4.78 is 22.3. The maximum atomic E-state index is 12.8. The molecule has 29 heavy (non-hydrogen) atoms. The van der Waals surface area contributed by atoms with Gasteiger partial charge in [0.1, 0.15) is 13.2 Å². The topological polar surface area (TPSA) is 57.2 Å². The van der Waals surface area contributed by atoms with Crippen LogP contribution in [-0.4, -0.2) is 44.3 Å². The predicted octanol–water partition coefficient (Wildman–Crippen LogP) is 3.93. The highest BCUT2D eigenvalue weighted by Gasteiger charge is 2.18. The van der Waals surface area contributed by atoms with Crippen molar-refractivity contribution in [1.82, 2.24) is 4.90 Å². The molecule has 0 aromatic heterocycles. The van der Waals surface area contributed by atoms with Gasteiger partial charge in [-0.1, -0.05) is 18.2 Å². The van der Waals surface area contributed by atoms with Crippen molar-refractivity contribution in [3.8, 4) is 23.0 Å². The number of hydrogen-bond acceptors (Lipinski definition) is 5. The van der Waals surface area contributed by atoms with E-state index in [1.54, 1.807) is 24.2 Å². The summed E-state index contributed by atoms with van der Waals surface area (Å²) in [4.78, 5) is 14.5. The number of carbonyl (C=O) groups excluding carboxylic acids is 1. The first kappa shape index (κ1) is 20.6. The third kappa shape index (κ3) is 5.02. The first-order chi connectivity index (χ1) is 14.2. The zero-order chi connectivity index (χ0) is 20.6. The number of hydrogen-bond donors (Lipinski definition) is 0. The summed E-state index contributed by atoms with van der Waals surface area (Å²) in [6.07, 6.45) is 3.36. The van der Waals surface area contributed by atoms with E-state index in [0.717, 1.165) is 22.6 Å². The summed E-state index contributed by atoms with van der Waals surface area (Å²) in [5, 5.41) is 0. The minimum absolute atomic E-state index is 0.0744. The number of likely N-dealkylation sites (N-methyl/N-ethyl adjacent to an activating group) is 1. The second-order valence-electron chi connectivity index (χ2n) is 6.47. The molecule has 3 rings (SSSR count). The SMILES string of the molecule is CCOc1ccc(/C=C/C(=O)N(CC)Cc2cccc3c2OCCO3)cc1OC. The summed E-state index contributed by atoms with van der Waals surface area (Å²) in [5.74, 6) is 2.71. The molecule has 1 aliphatic rings. The van der Waals surface area contributed by atoms with Crippen LogP contribution in [0.3, 0.4) is 0 Å². The van der Waals surface area contributed by atoms with Crippen LogP contribution >= 0.6 is 0 Å². The third-order valence-electron chi connectivity index (χ3n) is 4.61. The number of para-hydroxylation sites is 1. The number of carbonyl (C=O) groups is 1. The van der Waals surface area contributed by atoms with Crippen LogP contribution in [-0.2, 0) is 11.3 Å². The van der Waals surface area contributed by atoms with Gasteiger partial charge in [0.2, 0.25) is 5.91 Å². The van der Waals surface area contributed by atoms with Crippen molar-refractivity contribution in [3.63, 3.8) is 0 Å². The summed E-state index contributed by atoms with van der Waals surface area (Å²) >= 11 is 0. The fourth-order valence-corrected chi connectivity index (χ4v) is 3.15. The number of fused-ring (bicyclic) bond motifs is 1. The van der Waals surface area contributed by atoms with Gasteiger partial charge >= 0.3 is 0 Å². The fourth-order valence-electron chi connectivity index (χ4n) is 3.15. The molecule has 0 unspecified atom stereocenters. The van der Waals surface area contributed by atoms with Crippen LogP contribution in [0, 0.1) is 0 Å². The first-order valence-electron chi connectivity index (χ1n) is 9.81. The summed E-state index contributed by atoms with van der Waals surface area (Å²) in [7, 11) is 1.60. The van der Waals surface area contributed by atoms with Crippen LogP contribution in [0.5, 0.6) is 23.0 Å². The Bertz CT molecular complexity index is 878. The number of benzene rings is 2. The van der Waals surface area contributed by atoms with Crippen molar-refractivity contribution in [2.24, 2.45) is 0 Å². The number of rotatable bonds is 8. The lowest BCUT2D eigenvalue weighted by molar-refractivity contribution is -0.126. The molecule has 1 amide bonds. The monoisotopic (exact) mass is 397 g/mol. The van der Waals surface area contributed by atoms with Crippen molar-refractivity contribution in [1.29, 1.82) is 0 Å². The van der Waals surface area contributed by atoms with Gasteiger partial charge in [-0.05, 0) is 43.7 Å². The Morgan fingerprint density at radius 1 is 1.14 bits per heavy atom. The minimum atomic E-state index is -0.0744. The van der Waals surface area contributed by atoms with Crippen LogP contribution < -0.4 is 18.9 Å². The quantitative estimate of drug-likeness (QED) is 0.632. The average Bonchev–Trinajstić information content (AvgIpc) is 2.76. The lowest BCUT2D eigenvalue weighted by Crippen LogP contribution is -2.29. The van der Waals surface area contributed by atoms with Gasteiger partial charge in [0, 0.05) is 24.7 Å². The van der Waals surface area contributed by atoms with E-state index in [-0.39, 0.29) is 5.91 Å². The van der Waals surface area contributed by atoms with E-state index in [2.05, 4.69) is 0 Å². The van der Waals surface area contributed by atoms with Crippen molar-refractivity contribution in [2.45, 2.75) is 20.4 Å². The third-order valence-corrected chi connectivity index (χ3v) is 4.61. The van der Waals surface area contributed by atoms with Crippen LogP contribution in [0.25, 0.3) is 6.08 Å². The van der Waals surface area contributed by atoms with E-state index < -0.39 is 0 Å². The predicted molar refractivity (Wildman–Crippen MR) is 112 cm³/mol. The van der Waals surface area contributed by atoms with Gasteiger partial charge in [-0.15, -0.1) is 0 Å².